The monoisotopic (exact) mass is 417 g/mol. The molecule has 0 radical (unpaired) electrons. The van der Waals surface area contributed by atoms with Gasteiger partial charge in [0.1, 0.15) is 17.4 Å². The molecule has 0 bridgehead atoms. The molecule has 3 nitrogen and oxygen atoms in total. The van der Waals surface area contributed by atoms with Crippen LogP contribution >= 0.6 is 22.6 Å². The van der Waals surface area contributed by atoms with E-state index < -0.39 is 11.6 Å². The normalized spacial score (nSPS) is 10.4. The van der Waals surface area contributed by atoms with Crippen molar-refractivity contribution in [3.8, 4) is 5.75 Å². The Morgan fingerprint density at radius 1 is 1.18 bits per heavy atom. The number of carbonyl (C=O) groups is 1. The van der Waals surface area contributed by atoms with Crippen LogP contribution in [0.25, 0.3) is 0 Å². The number of hydrogen-bond acceptors (Lipinski definition) is 2. The van der Waals surface area contributed by atoms with Gasteiger partial charge in [-0.05, 0) is 52.9 Å². The summed E-state index contributed by atoms with van der Waals surface area (Å²) in [6, 6.07) is 10.6. The molecule has 22 heavy (non-hydrogen) atoms. The van der Waals surface area contributed by atoms with Crippen molar-refractivity contribution in [2.24, 2.45) is 0 Å². The number of hydrogen-bond donors (Lipinski definition) is 0. The zero-order valence-corrected chi connectivity index (χ0v) is 14.0. The highest BCUT2D eigenvalue weighted by Crippen LogP contribution is 2.14. The minimum atomic E-state index is -0.668. The molecule has 116 valence electrons. The molecule has 0 aromatic heterocycles. The molecule has 2 aromatic carbocycles. The molecule has 0 fully saturated rings. The van der Waals surface area contributed by atoms with E-state index in [4.69, 9.17) is 4.74 Å². The number of nitrogens with zero attached hydrogens (tertiary/aromatic N) is 1. The van der Waals surface area contributed by atoms with E-state index in [9.17, 15) is 13.6 Å². The highest BCUT2D eigenvalue weighted by atomic mass is 127. The summed E-state index contributed by atoms with van der Waals surface area (Å²) in [5, 5.41) is 0. The molecule has 0 saturated heterocycles. The molecule has 6 heteroatoms. The minimum absolute atomic E-state index is 0.0565. The third-order valence-corrected chi connectivity index (χ3v) is 3.74. The molecule has 1 amide bonds. The van der Waals surface area contributed by atoms with Crippen LogP contribution in [-0.4, -0.2) is 24.5 Å². The van der Waals surface area contributed by atoms with Crippen molar-refractivity contribution in [2.45, 2.75) is 6.54 Å². The molecule has 0 spiro atoms. The maximum atomic E-state index is 13.6. The van der Waals surface area contributed by atoms with Crippen molar-refractivity contribution in [2.75, 3.05) is 13.7 Å². The van der Waals surface area contributed by atoms with Crippen LogP contribution in [0.3, 0.4) is 0 Å². The number of rotatable bonds is 5. The summed E-state index contributed by atoms with van der Waals surface area (Å²) in [4.78, 5) is 13.3. The fourth-order valence-electron chi connectivity index (χ4n) is 1.78. The number of amides is 1. The second kappa shape index (κ2) is 7.53. The largest absolute Gasteiger partial charge is 0.484 e. The van der Waals surface area contributed by atoms with E-state index in [1.165, 1.54) is 17.0 Å². The molecular weight excluding hydrogens is 403 g/mol. The van der Waals surface area contributed by atoms with E-state index in [1.54, 1.807) is 19.2 Å². The van der Waals surface area contributed by atoms with Crippen molar-refractivity contribution in [3.05, 3.63) is 63.2 Å². The second-order valence-corrected chi connectivity index (χ2v) is 5.97. The first-order chi connectivity index (χ1) is 10.5. The maximum Gasteiger partial charge on any atom is 0.260 e. The van der Waals surface area contributed by atoms with Crippen LogP contribution in [0, 0.1) is 15.2 Å². The summed E-state index contributed by atoms with van der Waals surface area (Å²) >= 11 is 2.17. The van der Waals surface area contributed by atoms with Crippen molar-refractivity contribution < 1.29 is 18.3 Å². The van der Waals surface area contributed by atoms with Crippen molar-refractivity contribution >= 4 is 28.5 Å². The molecular formula is C16H14F2INO2. The number of ether oxygens (including phenoxy) is 1. The topological polar surface area (TPSA) is 29.5 Å². The lowest BCUT2D eigenvalue weighted by Crippen LogP contribution is -2.31. The van der Waals surface area contributed by atoms with Crippen LogP contribution < -0.4 is 4.74 Å². The van der Waals surface area contributed by atoms with Crippen LogP contribution in [0.2, 0.25) is 0 Å². The number of carbonyl (C=O) groups excluding carboxylic acids is 1. The molecule has 0 heterocycles. The standard InChI is InChI=1S/C16H14F2INO2/c1-20(9-11-2-3-12(17)8-15(11)18)16(21)10-22-14-6-4-13(19)5-7-14/h2-8H,9-10H2,1H3. The molecule has 0 atom stereocenters. The van der Waals surface area contributed by atoms with Crippen LogP contribution in [-0.2, 0) is 11.3 Å². The van der Waals surface area contributed by atoms with Crippen molar-refractivity contribution in [1.82, 2.24) is 4.90 Å². The average Bonchev–Trinajstić information content (AvgIpc) is 2.49. The predicted octanol–water partition coefficient (Wildman–Crippen LogP) is 3.61. The van der Waals surface area contributed by atoms with E-state index in [-0.39, 0.29) is 24.6 Å². The van der Waals surface area contributed by atoms with Gasteiger partial charge in [-0.15, -0.1) is 0 Å². The fraction of sp³-hybridized carbons (Fsp3) is 0.188. The van der Waals surface area contributed by atoms with Gasteiger partial charge in [-0.25, -0.2) is 8.78 Å². The number of benzene rings is 2. The van der Waals surface area contributed by atoms with Crippen LogP contribution in [0.15, 0.2) is 42.5 Å². The van der Waals surface area contributed by atoms with Gasteiger partial charge < -0.3 is 9.64 Å². The van der Waals surface area contributed by atoms with E-state index in [2.05, 4.69) is 22.6 Å². The van der Waals surface area contributed by atoms with Crippen LogP contribution in [0.1, 0.15) is 5.56 Å². The second-order valence-electron chi connectivity index (χ2n) is 4.73. The average molecular weight is 417 g/mol. The third-order valence-electron chi connectivity index (χ3n) is 3.02. The molecule has 2 rings (SSSR count). The Morgan fingerprint density at radius 3 is 2.50 bits per heavy atom. The number of likely N-dealkylation sites (N-methyl/N-ethyl adjacent to an activating group) is 1. The maximum absolute atomic E-state index is 13.6. The quantitative estimate of drug-likeness (QED) is 0.696. The minimum Gasteiger partial charge on any atom is -0.484 e. The van der Waals surface area contributed by atoms with E-state index in [0.717, 1.165) is 9.64 Å². The first-order valence-electron chi connectivity index (χ1n) is 6.52. The van der Waals surface area contributed by atoms with Crippen LogP contribution in [0.5, 0.6) is 5.75 Å². The molecule has 0 unspecified atom stereocenters. The number of halogens is 3. The fourth-order valence-corrected chi connectivity index (χ4v) is 2.14. The highest BCUT2D eigenvalue weighted by molar-refractivity contribution is 14.1. The Kier molecular flexibility index (Phi) is 5.70. The Balaban J connectivity index is 1.90. The molecule has 2 aromatic rings. The summed E-state index contributed by atoms with van der Waals surface area (Å²) < 4.78 is 32.8. The van der Waals surface area contributed by atoms with Gasteiger partial charge in [0.15, 0.2) is 6.61 Å². The summed E-state index contributed by atoms with van der Waals surface area (Å²) in [5.41, 5.74) is 0.256. The van der Waals surface area contributed by atoms with Gasteiger partial charge in [0.05, 0.1) is 0 Å². The van der Waals surface area contributed by atoms with Crippen molar-refractivity contribution in [3.63, 3.8) is 0 Å². The van der Waals surface area contributed by atoms with Crippen molar-refractivity contribution in [1.29, 1.82) is 0 Å². The van der Waals surface area contributed by atoms with E-state index >= 15 is 0 Å². The van der Waals surface area contributed by atoms with Gasteiger partial charge in [-0.1, -0.05) is 6.07 Å². The molecule has 0 N–H and O–H groups in total. The molecule has 0 aliphatic rings. The lowest BCUT2D eigenvalue weighted by Gasteiger charge is -2.18. The molecule has 0 aliphatic heterocycles. The van der Waals surface area contributed by atoms with Gasteiger partial charge in [0.25, 0.3) is 5.91 Å². The van der Waals surface area contributed by atoms with E-state index in [0.29, 0.717) is 5.75 Å². The lowest BCUT2D eigenvalue weighted by atomic mass is 10.2. The SMILES string of the molecule is CN(Cc1ccc(F)cc1F)C(=O)COc1ccc(I)cc1. The first-order valence-corrected chi connectivity index (χ1v) is 7.60. The third kappa shape index (κ3) is 4.66. The first kappa shape index (κ1) is 16.7. The zero-order chi connectivity index (χ0) is 16.1. The molecule has 0 aliphatic carbocycles. The zero-order valence-electron chi connectivity index (χ0n) is 11.9. The molecule has 0 saturated carbocycles. The Labute approximate surface area is 141 Å². The summed E-state index contributed by atoms with van der Waals surface area (Å²) in [6.07, 6.45) is 0. The lowest BCUT2D eigenvalue weighted by molar-refractivity contribution is -0.132. The van der Waals surface area contributed by atoms with Gasteiger partial charge in [0, 0.05) is 28.8 Å². The van der Waals surface area contributed by atoms with E-state index in [1.807, 2.05) is 12.1 Å². The summed E-state index contributed by atoms with van der Waals surface area (Å²) in [5.74, 6) is -1.01. The van der Waals surface area contributed by atoms with Gasteiger partial charge in [-0.3, -0.25) is 4.79 Å². The Morgan fingerprint density at radius 2 is 1.86 bits per heavy atom. The van der Waals surface area contributed by atoms with Crippen LogP contribution in [0.4, 0.5) is 8.78 Å². The summed E-state index contributed by atoms with van der Waals surface area (Å²) in [7, 11) is 1.54. The Hall–Kier alpha value is -1.70. The summed E-state index contributed by atoms with van der Waals surface area (Å²) in [6.45, 7) is -0.0824. The smallest absolute Gasteiger partial charge is 0.260 e. The van der Waals surface area contributed by atoms with Gasteiger partial charge in [-0.2, -0.15) is 0 Å². The van der Waals surface area contributed by atoms with Gasteiger partial charge in [0.2, 0.25) is 0 Å². The van der Waals surface area contributed by atoms with Gasteiger partial charge >= 0.3 is 0 Å². The Bertz CT molecular complexity index is 662. The predicted molar refractivity (Wildman–Crippen MR) is 87.5 cm³/mol. The highest BCUT2D eigenvalue weighted by Gasteiger charge is 2.13.